The molecule has 0 bridgehead atoms. The van der Waals surface area contributed by atoms with Gasteiger partial charge in [-0.1, -0.05) is 0 Å². The van der Waals surface area contributed by atoms with Gasteiger partial charge in [0.1, 0.15) is 11.4 Å². The van der Waals surface area contributed by atoms with E-state index in [2.05, 4.69) is 10.2 Å². The minimum Gasteiger partial charge on any atom is -0.497 e. The monoisotopic (exact) mass is 416 g/mol. The first-order chi connectivity index (χ1) is 15.2. The molecule has 0 radical (unpaired) electrons. The molecule has 1 saturated heterocycles. The smallest absolute Gasteiger partial charge is 0.262 e. The number of ether oxygens (including phenoxy) is 1. The van der Waals surface area contributed by atoms with E-state index in [1.165, 1.54) is 0 Å². The number of aromatic amines is 1. The molecule has 3 aromatic rings. The number of rotatable bonds is 4. The van der Waals surface area contributed by atoms with Gasteiger partial charge < -0.3 is 14.5 Å². The molecule has 0 aliphatic carbocycles. The number of fused-ring (bicyclic) bond motifs is 1. The van der Waals surface area contributed by atoms with Crippen molar-refractivity contribution in [2.75, 3.05) is 30.0 Å². The van der Waals surface area contributed by atoms with Gasteiger partial charge in [0.25, 0.3) is 5.91 Å². The molecule has 158 valence electrons. The summed E-state index contributed by atoms with van der Waals surface area (Å²) in [5, 5.41) is 7.47. The van der Waals surface area contributed by atoms with Crippen molar-refractivity contribution in [2.45, 2.75) is 25.7 Å². The van der Waals surface area contributed by atoms with Gasteiger partial charge in [0.2, 0.25) is 5.91 Å². The first-order valence-corrected chi connectivity index (χ1v) is 10.6. The lowest BCUT2D eigenvalue weighted by molar-refractivity contribution is -0.119. The fraction of sp³-hybridized carbons (Fsp3) is 0.292. The Kier molecular flexibility index (Phi) is 4.94. The summed E-state index contributed by atoms with van der Waals surface area (Å²) in [5.41, 5.74) is 4.72. The first kappa shape index (κ1) is 19.4. The number of methoxy groups -OCH3 is 1. The van der Waals surface area contributed by atoms with Gasteiger partial charge in [-0.25, -0.2) is 0 Å². The summed E-state index contributed by atoms with van der Waals surface area (Å²) in [6, 6.07) is 15.3. The van der Waals surface area contributed by atoms with Gasteiger partial charge in [0, 0.05) is 42.9 Å². The van der Waals surface area contributed by atoms with Crippen LogP contribution in [0.25, 0.3) is 11.3 Å². The average Bonchev–Trinajstić information content (AvgIpc) is 3.25. The highest BCUT2D eigenvalue weighted by atomic mass is 16.5. The molecule has 7 nitrogen and oxygen atoms in total. The predicted octanol–water partition coefficient (Wildman–Crippen LogP) is 3.81. The van der Waals surface area contributed by atoms with E-state index in [-0.39, 0.29) is 11.8 Å². The summed E-state index contributed by atoms with van der Waals surface area (Å²) >= 11 is 0. The molecule has 1 N–H and O–H groups in total. The van der Waals surface area contributed by atoms with Gasteiger partial charge in [-0.3, -0.25) is 14.7 Å². The maximum absolute atomic E-state index is 13.4. The molecule has 0 spiro atoms. The number of benzene rings is 2. The van der Waals surface area contributed by atoms with Crippen molar-refractivity contribution in [1.82, 2.24) is 10.2 Å². The van der Waals surface area contributed by atoms with Gasteiger partial charge >= 0.3 is 0 Å². The third-order valence-electron chi connectivity index (χ3n) is 6.05. The molecule has 5 rings (SSSR count). The summed E-state index contributed by atoms with van der Waals surface area (Å²) in [4.78, 5) is 29.2. The minimum atomic E-state index is -0.0670. The molecular formula is C24H24N4O3. The van der Waals surface area contributed by atoms with Crippen molar-refractivity contribution in [3.8, 4) is 17.0 Å². The number of amides is 2. The molecule has 2 aliphatic heterocycles. The molecule has 1 aromatic heterocycles. The number of H-pyrrole nitrogens is 1. The van der Waals surface area contributed by atoms with E-state index in [4.69, 9.17) is 4.74 Å². The van der Waals surface area contributed by atoms with Gasteiger partial charge in [-0.15, -0.1) is 0 Å². The molecule has 2 aromatic carbocycles. The Labute approximate surface area is 180 Å². The zero-order valence-corrected chi connectivity index (χ0v) is 17.4. The lowest BCUT2D eigenvalue weighted by Crippen LogP contribution is -2.38. The average molecular weight is 416 g/mol. The fourth-order valence-electron chi connectivity index (χ4n) is 4.35. The summed E-state index contributed by atoms with van der Waals surface area (Å²) in [6.07, 6.45) is 3.29. The summed E-state index contributed by atoms with van der Waals surface area (Å²) < 4.78 is 5.23. The van der Waals surface area contributed by atoms with Crippen molar-refractivity contribution in [3.05, 3.63) is 59.8 Å². The van der Waals surface area contributed by atoms with Crippen LogP contribution in [0.4, 0.5) is 11.4 Å². The van der Waals surface area contributed by atoms with Crippen LogP contribution in [0, 0.1) is 0 Å². The topological polar surface area (TPSA) is 78.5 Å². The van der Waals surface area contributed by atoms with Crippen LogP contribution in [0.2, 0.25) is 0 Å². The standard InChI is InChI=1S/C24H24N4O3/c1-31-19-11-5-16(6-12-19)23-22-20(25-26-23)13-15-28(24(22)30)18-9-7-17(8-10-18)27-14-3-2-4-21(27)29/h5-12H,2-4,13-15H2,1H3,(H,25,26). The van der Waals surface area contributed by atoms with Crippen LogP contribution in [-0.2, 0) is 11.2 Å². The molecule has 0 saturated carbocycles. The van der Waals surface area contributed by atoms with E-state index in [1.54, 1.807) is 12.0 Å². The number of nitrogens with one attached hydrogen (secondary N) is 1. The summed E-state index contributed by atoms with van der Waals surface area (Å²) in [5.74, 6) is 0.858. The van der Waals surface area contributed by atoms with Crippen molar-refractivity contribution >= 4 is 23.2 Å². The van der Waals surface area contributed by atoms with Crippen molar-refractivity contribution in [1.29, 1.82) is 0 Å². The van der Waals surface area contributed by atoms with E-state index in [0.29, 0.717) is 30.6 Å². The molecule has 2 aliphatic rings. The number of carbonyl (C=O) groups is 2. The maximum Gasteiger partial charge on any atom is 0.262 e. The van der Waals surface area contributed by atoms with Crippen LogP contribution in [0.15, 0.2) is 48.5 Å². The van der Waals surface area contributed by atoms with E-state index in [1.807, 2.05) is 53.4 Å². The predicted molar refractivity (Wildman–Crippen MR) is 119 cm³/mol. The van der Waals surface area contributed by atoms with Crippen LogP contribution in [0.3, 0.4) is 0 Å². The van der Waals surface area contributed by atoms with E-state index >= 15 is 0 Å². The summed E-state index contributed by atoms with van der Waals surface area (Å²) in [7, 11) is 1.62. The van der Waals surface area contributed by atoms with E-state index < -0.39 is 0 Å². The number of anilines is 2. The van der Waals surface area contributed by atoms with Gasteiger partial charge in [0.05, 0.1) is 18.4 Å². The van der Waals surface area contributed by atoms with Crippen LogP contribution in [-0.4, -0.2) is 42.2 Å². The third-order valence-corrected chi connectivity index (χ3v) is 6.05. The van der Waals surface area contributed by atoms with Crippen LogP contribution in [0.1, 0.15) is 35.3 Å². The molecule has 1 fully saturated rings. The second-order valence-electron chi connectivity index (χ2n) is 7.88. The number of carbonyl (C=O) groups excluding carboxylic acids is 2. The number of piperidine rings is 1. The van der Waals surface area contributed by atoms with Crippen molar-refractivity contribution in [2.24, 2.45) is 0 Å². The van der Waals surface area contributed by atoms with Crippen molar-refractivity contribution in [3.63, 3.8) is 0 Å². The second-order valence-corrected chi connectivity index (χ2v) is 7.88. The lowest BCUT2D eigenvalue weighted by atomic mass is 9.99. The van der Waals surface area contributed by atoms with Gasteiger partial charge in [-0.2, -0.15) is 5.10 Å². The molecule has 2 amide bonds. The Morgan fingerprint density at radius 2 is 1.58 bits per heavy atom. The molecule has 0 atom stereocenters. The Morgan fingerprint density at radius 1 is 0.871 bits per heavy atom. The Hall–Kier alpha value is -3.61. The van der Waals surface area contributed by atoms with Crippen LogP contribution in [0.5, 0.6) is 5.75 Å². The highest BCUT2D eigenvalue weighted by Crippen LogP contribution is 2.32. The van der Waals surface area contributed by atoms with Crippen LogP contribution >= 0.6 is 0 Å². The maximum atomic E-state index is 13.4. The molecular weight excluding hydrogens is 392 g/mol. The number of aromatic nitrogens is 2. The Bertz CT molecular complexity index is 1120. The third kappa shape index (κ3) is 3.46. The molecule has 3 heterocycles. The fourth-order valence-corrected chi connectivity index (χ4v) is 4.35. The Balaban J connectivity index is 1.42. The summed E-state index contributed by atoms with van der Waals surface area (Å²) in [6.45, 7) is 1.34. The molecule has 31 heavy (non-hydrogen) atoms. The van der Waals surface area contributed by atoms with Crippen molar-refractivity contribution < 1.29 is 14.3 Å². The first-order valence-electron chi connectivity index (χ1n) is 10.6. The van der Waals surface area contributed by atoms with E-state index in [9.17, 15) is 9.59 Å². The Morgan fingerprint density at radius 3 is 2.26 bits per heavy atom. The van der Waals surface area contributed by atoms with Gasteiger partial charge in [0.15, 0.2) is 0 Å². The normalized spacial score (nSPS) is 16.4. The second kappa shape index (κ2) is 7.91. The largest absolute Gasteiger partial charge is 0.497 e. The zero-order valence-electron chi connectivity index (χ0n) is 17.4. The van der Waals surface area contributed by atoms with Crippen LogP contribution < -0.4 is 14.5 Å². The van der Waals surface area contributed by atoms with E-state index in [0.717, 1.165) is 47.8 Å². The highest BCUT2D eigenvalue weighted by Gasteiger charge is 2.31. The molecule has 7 heteroatoms. The zero-order chi connectivity index (χ0) is 21.4. The lowest BCUT2D eigenvalue weighted by Gasteiger charge is -2.29. The number of hydrogen-bond donors (Lipinski definition) is 1. The van der Waals surface area contributed by atoms with Gasteiger partial charge in [-0.05, 0) is 61.4 Å². The highest BCUT2D eigenvalue weighted by molar-refractivity contribution is 6.11. The number of hydrogen-bond acceptors (Lipinski definition) is 4. The minimum absolute atomic E-state index is 0.0670. The quantitative estimate of drug-likeness (QED) is 0.702. The number of nitrogens with zero attached hydrogens (tertiary/aromatic N) is 3. The SMILES string of the molecule is COc1ccc(-c2n[nH]c3c2C(=O)N(c2ccc(N4CCCCC4=O)cc2)CC3)cc1. The molecule has 0 unspecified atom stereocenters.